The first-order valence-corrected chi connectivity index (χ1v) is 9.01. The van der Waals surface area contributed by atoms with Crippen molar-refractivity contribution in [1.82, 2.24) is 20.2 Å². The normalized spacial score (nSPS) is 17.0. The minimum absolute atomic E-state index is 0.0679. The van der Waals surface area contributed by atoms with Crippen LogP contribution in [0.2, 0.25) is 0 Å². The maximum absolute atomic E-state index is 12.4. The molecule has 1 saturated carbocycles. The van der Waals surface area contributed by atoms with E-state index >= 15 is 0 Å². The van der Waals surface area contributed by atoms with E-state index < -0.39 is 18.0 Å². The number of aromatic amines is 2. The topological polar surface area (TPSA) is 121 Å². The van der Waals surface area contributed by atoms with Crippen molar-refractivity contribution in [1.29, 1.82) is 0 Å². The lowest BCUT2D eigenvalue weighted by Gasteiger charge is -2.28. The molecule has 0 amide bonds. The van der Waals surface area contributed by atoms with Gasteiger partial charge in [-0.15, -0.1) is 0 Å². The maximum atomic E-state index is 12.4. The second kappa shape index (κ2) is 7.22. The summed E-state index contributed by atoms with van der Waals surface area (Å²) in [6.45, 7) is 0. The molecule has 27 heavy (non-hydrogen) atoms. The summed E-state index contributed by atoms with van der Waals surface area (Å²) in [6.07, 6.45) is 4.04. The average molecular weight is 368 g/mol. The first-order valence-electron chi connectivity index (χ1n) is 9.01. The van der Waals surface area contributed by atoms with Crippen molar-refractivity contribution in [2.45, 2.75) is 37.7 Å². The summed E-state index contributed by atoms with van der Waals surface area (Å²) in [5, 5.41) is 16.8. The predicted molar refractivity (Wildman–Crippen MR) is 97.7 cm³/mol. The largest absolute Gasteiger partial charge is 0.478 e. The molecule has 0 saturated heterocycles. The number of aliphatic carboxylic acids is 1. The summed E-state index contributed by atoms with van der Waals surface area (Å²) in [6, 6.07) is 8.85. The molecule has 1 aliphatic carbocycles. The van der Waals surface area contributed by atoms with E-state index in [1.165, 1.54) is 6.20 Å². The summed E-state index contributed by atoms with van der Waals surface area (Å²) in [5.41, 5.74) is 0.0104. The smallest absolute Gasteiger partial charge is 0.345 e. The number of H-pyrrole nitrogens is 2. The van der Waals surface area contributed by atoms with Gasteiger partial charge in [0.05, 0.1) is 12.1 Å². The molecule has 0 spiro atoms. The lowest BCUT2D eigenvalue weighted by atomic mass is 9.85. The standard InChI is InChI=1S/C19H20N4O4/c24-18-13-10-20-23-16(13)21-17(22-18)14(11-6-4-5-7-11)15(19(25)26)27-12-8-2-1-3-9-12/h1-3,8-11,14-15H,4-7H2,(H,25,26)(H2,20,21,22,23,24). The summed E-state index contributed by atoms with van der Waals surface area (Å²) in [5.74, 6) is -0.781. The molecule has 8 heteroatoms. The van der Waals surface area contributed by atoms with Gasteiger partial charge in [-0.1, -0.05) is 31.0 Å². The van der Waals surface area contributed by atoms with E-state index in [4.69, 9.17) is 4.74 Å². The van der Waals surface area contributed by atoms with Crippen molar-refractivity contribution in [3.8, 4) is 5.75 Å². The van der Waals surface area contributed by atoms with Crippen LogP contribution in [0.25, 0.3) is 11.0 Å². The number of benzene rings is 1. The van der Waals surface area contributed by atoms with Gasteiger partial charge < -0.3 is 14.8 Å². The highest BCUT2D eigenvalue weighted by Gasteiger charge is 2.40. The molecule has 8 nitrogen and oxygen atoms in total. The van der Waals surface area contributed by atoms with E-state index in [9.17, 15) is 14.7 Å². The molecule has 2 unspecified atom stereocenters. The maximum Gasteiger partial charge on any atom is 0.345 e. The van der Waals surface area contributed by atoms with Crippen LogP contribution in [0.5, 0.6) is 5.75 Å². The molecular formula is C19H20N4O4. The van der Waals surface area contributed by atoms with Crippen LogP contribution in [0.15, 0.2) is 41.3 Å². The number of hydrogen-bond donors (Lipinski definition) is 3. The van der Waals surface area contributed by atoms with Crippen LogP contribution < -0.4 is 10.3 Å². The van der Waals surface area contributed by atoms with E-state index in [1.54, 1.807) is 24.3 Å². The molecule has 0 radical (unpaired) electrons. The third kappa shape index (κ3) is 3.42. The minimum atomic E-state index is -1.15. The van der Waals surface area contributed by atoms with Gasteiger partial charge in [0, 0.05) is 0 Å². The number of para-hydroxylation sites is 1. The van der Waals surface area contributed by atoms with Crippen LogP contribution in [0, 0.1) is 5.92 Å². The van der Waals surface area contributed by atoms with Crippen LogP contribution in [-0.2, 0) is 4.79 Å². The molecule has 140 valence electrons. The molecule has 0 aliphatic heterocycles. The molecule has 3 N–H and O–H groups in total. The highest BCUT2D eigenvalue weighted by atomic mass is 16.5. The number of carboxylic acids is 1. The summed E-state index contributed by atoms with van der Waals surface area (Å²) in [4.78, 5) is 31.7. The molecule has 2 atom stereocenters. The van der Waals surface area contributed by atoms with Gasteiger partial charge in [-0.05, 0) is 30.9 Å². The molecule has 1 aliphatic rings. The summed E-state index contributed by atoms with van der Waals surface area (Å²) < 4.78 is 5.85. The number of rotatable bonds is 6. The Kier molecular flexibility index (Phi) is 4.62. The van der Waals surface area contributed by atoms with E-state index in [-0.39, 0.29) is 11.5 Å². The average Bonchev–Trinajstić information content (AvgIpc) is 3.34. The Balaban J connectivity index is 1.78. The number of carboxylic acid groups (broad SMARTS) is 1. The van der Waals surface area contributed by atoms with E-state index in [0.717, 1.165) is 25.7 Å². The Morgan fingerprint density at radius 1 is 1.22 bits per heavy atom. The summed E-state index contributed by atoms with van der Waals surface area (Å²) >= 11 is 0. The first kappa shape index (κ1) is 17.3. The van der Waals surface area contributed by atoms with E-state index in [1.807, 2.05) is 6.07 Å². The van der Waals surface area contributed by atoms with Crippen LogP contribution in [-0.4, -0.2) is 37.3 Å². The van der Waals surface area contributed by atoms with Gasteiger partial charge in [0.25, 0.3) is 5.56 Å². The second-order valence-electron chi connectivity index (χ2n) is 6.84. The highest BCUT2D eigenvalue weighted by molar-refractivity contribution is 5.75. The van der Waals surface area contributed by atoms with Crippen molar-refractivity contribution >= 4 is 17.0 Å². The predicted octanol–water partition coefficient (Wildman–Crippen LogP) is 2.45. The van der Waals surface area contributed by atoms with Crippen LogP contribution in [0.3, 0.4) is 0 Å². The molecule has 0 bridgehead atoms. The highest BCUT2D eigenvalue weighted by Crippen LogP contribution is 2.39. The fourth-order valence-corrected chi connectivity index (χ4v) is 3.87. The third-order valence-corrected chi connectivity index (χ3v) is 5.14. The van der Waals surface area contributed by atoms with Crippen molar-refractivity contribution < 1.29 is 14.6 Å². The zero-order valence-corrected chi connectivity index (χ0v) is 14.6. The van der Waals surface area contributed by atoms with Crippen LogP contribution >= 0.6 is 0 Å². The number of nitrogens with zero attached hydrogens (tertiary/aromatic N) is 2. The van der Waals surface area contributed by atoms with Gasteiger partial charge >= 0.3 is 5.97 Å². The molecule has 3 aromatic rings. The fourth-order valence-electron chi connectivity index (χ4n) is 3.87. The molecular weight excluding hydrogens is 348 g/mol. The second-order valence-corrected chi connectivity index (χ2v) is 6.84. The Hall–Kier alpha value is -3.16. The number of aromatic nitrogens is 4. The van der Waals surface area contributed by atoms with Gasteiger partial charge in [0.2, 0.25) is 6.10 Å². The van der Waals surface area contributed by atoms with Crippen molar-refractivity contribution in [3.63, 3.8) is 0 Å². The van der Waals surface area contributed by atoms with Gasteiger partial charge in [-0.3, -0.25) is 9.89 Å². The van der Waals surface area contributed by atoms with E-state index in [0.29, 0.717) is 22.6 Å². The fraction of sp³-hybridized carbons (Fsp3) is 0.368. The SMILES string of the molecule is O=C(O)C(Oc1ccccc1)C(c1nc2[nH]ncc2c(=O)[nH]1)C1CCCC1. The molecule has 1 fully saturated rings. The number of fused-ring (bicyclic) bond motifs is 1. The van der Waals surface area contributed by atoms with Crippen LogP contribution in [0.1, 0.15) is 37.4 Å². The van der Waals surface area contributed by atoms with Gasteiger partial charge in [0.15, 0.2) is 5.65 Å². The zero-order chi connectivity index (χ0) is 18.8. The summed E-state index contributed by atoms with van der Waals surface area (Å²) in [7, 11) is 0. The molecule has 2 aromatic heterocycles. The Morgan fingerprint density at radius 3 is 2.67 bits per heavy atom. The Labute approximate surface area is 154 Å². The monoisotopic (exact) mass is 368 g/mol. The number of nitrogens with one attached hydrogen (secondary N) is 2. The number of hydrogen-bond acceptors (Lipinski definition) is 5. The van der Waals surface area contributed by atoms with Crippen molar-refractivity contribution in [2.24, 2.45) is 5.92 Å². The number of ether oxygens (including phenoxy) is 1. The molecule has 1 aromatic carbocycles. The molecule has 2 heterocycles. The van der Waals surface area contributed by atoms with Gasteiger partial charge in [0.1, 0.15) is 17.0 Å². The Bertz CT molecular complexity index is 992. The number of carbonyl (C=O) groups is 1. The quantitative estimate of drug-likeness (QED) is 0.614. The molecule has 4 rings (SSSR count). The zero-order valence-electron chi connectivity index (χ0n) is 14.6. The van der Waals surface area contributed by atoms with Crippen molar-refractivity contribution in [3.05, 3.63) is 52.7 Å². The van der Waals surface area contributed by atoms with E-state index in [2.05, 4.69) is 20.2 Å². The van der Waals surface area contributed by atoms with Gasteiger partial charge in [-0.25, -0.2) is 9.78 Å². The lowest BCUT2D eigenvalue weighted by molar-refractivity contribution is -0.147. The lowest BCUT2D eigenvalue weighted by Crippen LogP contribution is -2.38. The van der Waals surface area contributed by atoms with Crippen molar-refractivity contribution in [2.75, 3.05) is 0 Å². The van der Waals surface area contributed by atoms with Crippen LogP contribution in [0.4, 0.5) is 0 Å². The minimum Gasteiger partial charge on any atom is -0.478 e. The first-order chi connectivity index (χ1) is 13.1. The third-order valence-electron chi connectivity index (χ3n) is 5.14. The van der Waals surface area contributed by atoms with Gasteiger partial charge in [-0.2, -0.15) is 5.10 Å². The Morgan fingerprint density at radius 2 is 1.96 bits per heavy atom.